The first-order valence-corrected chi connectivity index (χ1v) is 7.93. The molecule has 100 valence electrons. The van der Waals surface area contributed by atoms with E-state index in [0.29, 0.717) is 11.0 Å². The summed E-state index contributed by atoms with van der Waals surface area (Å²) in [5.74, 6) is 3.37. The zero-order valence-corrected chi connectivity index (χ0v) is 13.2. The number of aryl methyl sites for hydroxylation is 1. The molecule has 0 radical (unpaired) electrons. The lowest BCUT2D eigenvalue weighted by Crippen LogP contribution is -2.12. The number of hydrogen-bond donors (Lipinski definition) is 0. The van der Waals surface area contributed by atoms with Gasteiger partial charge in [0.2, 0.25) is 5.75 Å². The second-order valence-electron chi connectivity index (χ2n) is 3.98. The molecule has 1 heterocycles. The molecule has 0 saturated carbocycles. The number of methoxy groups -OCH3 is 3. The largest absolute Gasteiger partial charge is 0.493 e. The van der Waals surface area contributed by atoms with Crippen molar-refractivity contribution in [1.29, 1.82) is 0 Å². The summed E-state index contributed by atoms with van der Waals surface area (Å²) >= 11 is 5.52. The first-order valence-electron chi connectivity index (χ1n) is 5.76. The van der Waals surface area contributed by atoms with Gasteiger partial charge < -0.3 is 14.2 Å². The Balaban J connectivity index is 2.63. The molecule has 1 aromatic rings. The number of hydrogen-bond acceptors (Lipinski definition) is 4. The third-order valence-electron chi connectivity index (χ3n) is 3.11. The summed E-state index contributed by atoms with van der Waals surface area (Å²) in [6.45, 7) is 0. The third kappa shape index (κ3) is 2.30. The first-order chi connectivity index (χ1) is 8.76. The van der Waals surface area contributed by atoms with Crippen molar-refractivity contribution in [3.8, 4) is 17.2 Å². The maximum Gasteiger partial charge on any atom is 0.203 e. The smallest absolute Gasteiger partial charge is 0.203 e. The van der Waals surface area contributed by atoms with E-state index >= 15 is 0 Å². The van der Waals surface area contributed by atoms with Crippen molar-refractivity contribution in [2.75, 3.05) is 32.4 Å². The Labute approximate surface area is 120 Å². The van der Waals surface area contributed by atoms with Crippen LogP contribution in [-0.4, -0.2) is 32.4 Å². The van der Waals surface area contributed by atoms with Gasteiger partial charge in [-0.1, -0.05) is 15.9 Å². The van der Waals surface area contributed by atoms with Crippen LogP contribution >= 0.6 is 27.7 Å². The SMILES string of the molecule is COc1cc2c(c(OC)c1OC)C(CBr)SCC2. The van der Waals surface area contributed by atoms with E-state index in [1.54, 1.807) is 21.3 Å². The van der Waals surface area contributed by atoms with Crippen LogP contribution in [-0.2, 0) is 6.42 Å². The predicted octanol–water partition coefficient (Wildman–Crippen LogP) is 3.44. The molecule has 0 aromatic heterocycles. The average Bonchev–Trinajstić information content (AvgIpc) is 2.43. The van der Waals surface area contributed by atoms with Crippen molar-refractivity contribution < 1.29 is 14.2 Å². The van der Waals surface area contributed by atoms with Crippen molar-refractivity contribution in [2.24, 2.45) is 0 Å². The third-order valence-corrected chi connectivity index (χ3v) is 5.43. The molecule has 0 saturated heterocycles. The summed E-state index contributed by atoms with van der Waals surface area (Å²) in [6, 6.07) is 2.08. The average molecular weight is 333 g/mol. The Hall–Kier alpha value is -0.550. The fraction of sp³-hybridized carbons (Fsp3) is 0.538. The van der Waals surface area contributed by atoms with Crippen molar-refractivity contribution in [3.63, 3.8) is 0 Å². The van der Waals surface area contributed by atoms with Gasteiger partial charge in [-0.15, -0.1) is 0 Å². The molecule has 0 aliphatic carbocycles. The van der Waals surface area contributed by atoms with Crippen LogP contribution in [0.25, 0.3) is 0 Å². The number of halogens is 1. The Morgan fingerprint density at radius 2 is 1.94 bits per heavy atom. The minimum Gasteiger partial charge on any atom is -0.493 e. The molecule has 1 aromatic carbocycles. The van der Waals surface area contributed by atoms with Gasteiger partial charge in [-0.05, 0) is 23.8 Å². The number of alkyl halides is 1. The van der Waals surface area contributed by atoms with E-state index < -0.39 is 0 Å². The van der Waals surface area contributed by atoms with E-state index in [1.807, 2.05) is 11.8 Å². The van der Waals surface area contributed by atoms with Gasteiger partial charge in [0.25, 0.3) is 0 Å². The molecule has 3 nitrogen and oxygen atoms in total. The molecule has 0 N–H and O–H groups in total. The maximum atomic E-state index is 5.57. The molecule has 1 aliphatic heterocycles. The Bertz CT molecular complexity index is 437. The summed E-state index contributed by atoms with van der Waals surface area (Å²) in [5, 5.41) is 1.32. The molecule has 2 rings (SSSR count). The van der Waals surface area contributed by atoms with Crippen molar-refractivity contribution in [1.82, 2.24) is 0 Å². The molecule has 5 heteroatoms. The van der Waals surface area contributed by atoms with Crippen LogP contribution in [0.15, 0.2) is 6.07 Å². The second kappa shape index (κ2) is 6.06. The topological polar surface area (TPSA) is 27.7 Å². The number of benzene rings is 1. The fourth-order valence-electron chi connectivity index (χ4n) is 2.31. The summed E-state index contributed by atoms with van der Waals surface area (Å²) in [4.78, 5) is 0. The minimum atomic E-state index is 0.406. The zero-order valence-electron chi connectivity index (χ0n) is 10.8. The highest BCUT2D eigenvalue weighted by Crippen LogP contribution is 2.50. The monoisotopic (exact) mass is 332 g/mol. The Morgan fingerprint density at radius 1 is 1.22 bits per heavy atom. The normalized spacial score (nSPS) is 18.1. The van der Waals surface area contributed by atoms with E-state index in [1.165, 1.54) is 11.1 Å². The Morgan fingerprint density at radius 3 is 2.50 bits per heavy atom. The molecule has 18 heavy (non-hydrogen) atoms. The van der Waals surface area contributed by atoms with Gasteiger partial charge in [0.05, 0.1) is 21.3 Å². The lowest BCUT2D eigenvalue weighted by molar-refractivity contribution is 0.321. The molecule has 1 atom stereocenters. The molecule has 0 amide bonds. The van der Waals surface area contributed by atoms with E-state index in [-0.39, 0.29) is 0 Å². The van der Waals surface area contributed by atoms with Gasteiger partial charge in [0.15, 0.2) is 11.5 Å². The number of thioether (sulfide) groups is 1. The summed E-state index contributed by atoms with van der Waals surface area (Å²) in [6.07, 6.45) is 1.04. The molecule has 1 aliphatic rings. The fourth-order valence-corrected chi connectivity index (χ4v) is 4.33. The molecule has 1 unspecified atom stereocenters. The van der Waals surface area contributed by atoms with Crippen LogP contribution in [0, 0.1) is 0 Å². The number of ether oxygens (including phenoxy) is 3. The quantitative estimate of drug-likeness (QED) is 0.789. The van der Waals surface area contributed by atoms with Gasteiger partial charge in [-0.25, -0.2) is 0 Å². The van der Waals surface area contributed by atoms with Crippen molar-refractivity contribution in [3.05, 3.63) is 17.2 Å². The second-order valence-corrected chi connectivity index (χ2v) is 5.94. The summed E-state index contributed by atoms with van der Waals surface area (Å²) < 4.78 is 16.4. The minimum absolute atomic E-state index is 0.406. The molecular formula is C13H17BrO3S. The van der Waals surface area contributed by atoms with Crippen molar-refractivity contribution in [2.45, 2.75) is 11.7 Å². The van der Waals surface area contributed by atoms with Crippen molar-refractivity contribution >= 4 is 27.7 Å². The van der Waals surface area contributed by atoms with Gasteiger partial charge >= 0.3 is 0 Å². The van der Waals surface area contributed by atoms with Gasteiger partial charge in [-0.3, -0.25) is 0 Å². The van der Waals surface area contributed by atoms with Crippen LogP contribution in [0.1, 0.15) is 16.4 Å². The van der Waals surface area contributed by atoms with Crippen LogP contribution in [0.4, 0.5) is 0 Å². The lowest BCUT2D eigenvalue weighted by Gasteiger charge is -2.27. The summed E-state index contributed by atoms with van der Waals surface area (Å²) in [7, 11) is 4.98. The highest BCUT2D eigenvalue weighted by Gasteiger charge is 2.28. The zero-order chi connectivity index (χ0) is 13.1. The number of fused-ring (bicyclic) bond motifs is 1. The van der Waals surface area contributed by atoms with E-state index in [4.69, 9.17) is 14.2 Å². The standard InChI is InChI=1S/C13H17BrO3S/c1-15-9-6-8-4-5-18-10(7-14)11(8)13(17-3)12(9)16-2/h6,10H,4-5,7H2,1-3H3. The highest BCUT2D eigenvalue weighted by molar-refractivity contribution is 9.09. The van der Waals surface area contributed by atoms with Crippen LogP contribution in [0.3, 0.4) is 0 Å². The molecule has 0 spiro atoms. The molecule has 0 fully saturated rings. The maximum absolute atomic E-state index is 5.57. The van der Waals surface area contributed by atoms with Crippen LogP contribution < -0.4 is 14.2 Å². The van der Waals surface area contributed by atoms with E-state index in [0.717, 1.165) is 29.0 Å². The molecular weight excluding hydrogens is 316 g/mol. The highest BCUT2D eigenvalue weighted by atomic mass is 79.9. The molecule has 0 bridgehead atoms. The van der Waals surface area contributed by atoms with E-state index in [2.05, 4.69) is 22.0 Å². The van der Waals surface area contributed by atoms with Crippen LogP contribution in [0.5, 0.6) is 17.2 Å². The van der Waals surface area contributed by atoms with Gasteiger partial charge in [-0.2, -0.15) is 11.8 Å². The predicted molar refractivity (Wildman–Crippen MR) is 78.8 cm³/mol. The lowest BCUT2D eigenvalue weighted by atomic mass is 9.99. The number of rotatable bonds is 4. The Kier molecular flexibility index (Phi) is 4.67. The van der Waals surface area contributed by atoms with Gasteiger partial charge in [0, 0.05) is 16.1 Å². The van der Waals surface area contributed by atoms with E-state index in [9.17, 15) is 0 Å². The van der Waals surface area contributed by atoms with Crippen LogP contribution in [0.2, 0.25) is 0 Å². The van der Waals surface area contributed by atoms with Gasteiger partial charge in [0.1, 0.15) is 0 Å². The first kappa shape index (κ1) is 13.9. The summed E-state index contributed by atoms with van der Waals surface area (Å²) in [5.41, 5.74) is 2.54.